The molecule has 32 heavy (non-hydrogen) atoms. The molecule has 3 aromatic rings. The molecule has 0 saturated heterocycles. The lowest BCUT2D eigenvalue weighted by atomic mass is 10.1. The molecule has 0 aromatic heterocycles. The number of nitro benzene ring substituents is 2. The monoisotopic (exact) mass is 456 g/mol. The minimum atomic E-state index is -0.572. The summed E-state index contributed by atoms with van der Waals surface area (Å²) in [5.41, 5.74) is 4.01. The number of nitrogens with one attached hydrogen (secondary N) is 1. The Morgan fingerprint density at radius 1 is 1.06 bits per heavy atom. The second-order valence-electron chi connectivity index (χ2n) is 6.42. The molecule has 0 spiro atoms. The van der Waals surface area contributed by atoms with Crippen LogP contribution in [0, 0.1) is 20.2 Å². The molecule has 0 amide bonds. The van der Waals surface area contributed by atoms with Gasteiger partial charge in [0.1, 0.15) is 6.61 Å². The zero-order chi connectivity index (χ0) is 23.1. The van der Waals surface area contributed by atoms with E-state index >= 15 is 0 Å². The summed E-state index contributed by atoms with van der Waals surface area (Å²) in [4.78, 5) is 21.2. The number of methoxy groups -OCH3 is 1. The largest absolute Gasteiger partial charge is 0.493 e. The van der Waals surface area contributed by atoms with E-state index in [0.29, 0.717) is 16.3 Å². The molecule has 0 aliphatic carbocycles. The van der Waals surface area contributed by atoms with Crippen LogP contribution in [0.25, 0.3) is 0 Å². The van der Waals surface area contributed by atoms with Gasteiger partial charge in [0.25, 0.3) is 5.69 Å². The van der Waals surface area contributed by atoms with Crippen molar-refractivity contribution in [3.05, 3.63) is 97.0 Å². The van der Waals surface area contributed by atoms with E-state index in [2.05, 4.69) is 10.5 Å². The van der Waals surface area contributed by atoms with Crippen LogP contribution < -0.4 is 14.9 Å². The molecule has 0 bridgehead atoms. The summed E-state index contributed by atoms with van der Waals surface area (Å²) < 4.78 is 11.0. The fourth-order valence-electron chi connectivity index (χ4n) is 2.74. The molecule has 0 aliphatic rings. The summed E-state index contributed by atoms with van der Waals surface area (Å²) in [6, 6.07) is 15.4. The van der Waals surface area contributed by atoms with Crippen molar-refractivity contribution in [2.75, 3.05) is 12.5 Å². The van der Waals surface area contributed by atoms with Crippen molar-refractivity contribution in [1.29, 1.82) is 0 Å². The minimum absolute atomic E-state index is 0.0158. The number of halogens is 1. The van der Waals surface area contributed by atoms with E-state index in [0.717, 1.165) is 5.56 Å². The number of hydrogen-bond donors (Lipinski definition) is 1. The van der Waals surface area contributed by atoms with Crippen molar-refractivity contribution in [1.82, 2.24) is 0 Å². The summed E-state index contributed by atoms with van der Waals surface area (Å²) in [6.07, 6.45) is 1.36. The molecular weight excluding hydrogens is 440 g/mol. The van der Waals surface area contributed by atoms with Gasteiger partial charge in [-0.15, -0.1) is 0 Å². The highest BCUT2D eigenvalue weighted by Gasteiger charge is 2.22. The first kappa shape index (κ1) is 22.5. The van der Waals surface area contributed by atoms with E-state index in [4.69, 9.17) is 21.1 Å². The lowest BCUT2D eigenvalue weighted by molar-refractivity contribution is -0.386. The Bertz CT molecular complexity index is 1170. The Hall–Kier alpha value is -4.18. The lowest BCUT2D eigenvalue weighted by Gasteiger charge is -2.12. The Morgan fingerprint density at radius 2 is 1.81 bits per heavy atom. The number of hydrazone groups is 1. The van der Waals surface area contributed by atoms with Crippen LogP contribution in [0.5, 0.6) is 11.5 Å². The summed E-state index contributed by atoms with van der Waals surface area (Å²) in [5, 5.41) is 26.9. The molecule has 3 aromatic carbocycles. The summed E-state index contributed by atoms with van der Waals surface area (Å²) in [6.45, 7) is 0.0624. The van der Waals surface area contributed by atoms with Gasteiger partial charge in [-0.3, -0.25) is 25.7 Å². The van der Waals surface area contributed by atoms with Gasteiger partial charge in [0.15, 0.2) is 5.75 Å². The summed E-state index contributed by atoms with van der Waals surface area (Å²) >= 11 is 5.96. The molecule has 1 N–H and O–H groups in total. The smallest absolute Gasteiger partial charge is 0.315 e. The van der Waals surface area contributed by atoms with Crippen LogP contribution in [0.2, 0.25) is 5.02 Å². The molecule has 0 fully saturated rings. The zero-order valence-corrected chi connectivity index (χ0v) is 17.5. The Balaban J connectivity index is 1.79. The quantitative estimate of drug-likeness (QED) is 0.266. The van der Waals surface area contributed by atoms with Crippen LogP contribution in [0.1, 0.15) is 11.1 Å². The number of non-ortho nitro benzene ring substituents is 1. The van der Waals surface area contributed by atoms with Crippen LogP contribution in [-0.4, -0.2) is 23.2 Å². The predicted molar refractivity (Wildman–Crippen MR) is 120 cm³/mol. The van der Waals surface area contributed by atoms with Crippen molar-refractivity contribution in [3.8, 4) is 11.5 Å². The highest BCUT2D eigenvalue weighted by atomic mass is 35.5. The van der Waals surface area contributed by atoms with Crippen LogP contribution in [0.4, 0.5) is 17.1 Å². The van der Waals surface area contributed by atoms with Gasteiger partial charge >= 0.3 is 5.69 Å². The average Bonchev–Trinajstić information content (AvgIpc) is 2.77. The molecular formula is C21H17ClN4O6. The third-order valence-corrected chi connectivity index (χ3v) is 4.47. The molecule has 0 aliphatic heterocycles. The van der Waals surface area contributed by atoms with Gasteiger partial charge in [-0.1, -0.05) is 23.7 Å². The Kier molecular flexibility index (Phi) is 7.19. The van der Waals surface area contributed by atoms with Crippen molar-refractivity contribution >= 4 is 34.9 Å². The first-order valence-electron chi connectivity index (χ1n) is 9.14. The van der Waals surface area contributed by atoms with Gasteiger partial charge in [0.05, 0.1) is 28.9 Å². The van der Waals surface area contributed by atoms with Crippen LogP contribution >= 0.6 is 11.6 Å². The van der Waals surface area contributed by atoms with E-state index in [1.165, 1.54) is 43.7 Å². The van der Waals surface area contributed by atoms with Crippen molar-refractivity contribution in [2.45, 2.75) is 6.61 Å². The third kappa shape index (κ3) is 5.70. The molecule has 0 radical (unpaired) electrons. The van der Waals surface area contributed by atoms with Gasteiger partial charge < -0.3 is 9.47 Å². The van der Waals surface area contributed by atoms with Gasteiger partial charge in [0.2, 0.25) is 5.75 Å². The first-order chi connectivity index (χ1) is 15.4. The predicted octanol–water partition coefficient (Wildman–Crippen LogP) is 5.19. The van der Waals surface area contributed by atoms with Gasteiger partial charge in [-0.05, 0) is 35.9 Å². The fraction of sp³-hybridized carbons (Fsp3) is 0.0952. The molecule has 0 atom stereocenters. The number of rotatable bonds is 9. The van der Waals surface area contributed by atoms with Gasteiger partial charge in [-0.2, -0.15) is 5.10 Å². The van der Waals surface area contributed by atoms with Crippen molar-refractivity contribution < 1.29 is 19.3 Å². The van der Waals surface area contributed by atoms with Crippen LogP contribution in [-0.2, 0) is 6.61 Å². The highest BCUT2D eigenvalue weighted by molar-refractivity contribution is 6.30. The second kappa shape index (κ2) is 10.2. The molecule has 3 rings (SSSR count). The molecule has 0 heterocycles. The second-order valence-corrected chi connectivity index (χ2v) is 6.86. The number of nitrogens with zero attached hydrogens (tertiary/aromatic N) is 3. The maximum absolute atomic E-state index is 11.6. The SMILES string of the molecule is COc1cc(C=NNc2ccc([N+](=O)[O-])cc2)cc([N+](=O)[O-])c1OCc1cccc(Cl)c1. The summed E-state index contributed by atoms with van der Waals surface area (Å²) in [5.74, 6) is 0.149. The lowest BCUT2D eigenvalue weighted by Crippen LogP contribution is -2.03. The fourth-order valence-corrected chi connectivity index (χ4v) is 2.95. The Labute approximate surface area is 187 Å². The number of hydrogen-bond acceptors (Lipinski definition) is 8. The molecule has 10 nitrogen and oxygen atoms in total. The zero-order valence-electron chi connectivity index (χ0n) is 16.7. The standard InChI is InChI=1S/C21H17ClN4O6/c1-31-20-11-15(12-23-24-17-5-7-18(8-6-17)25(27)28)10-19(26(29)30)21(20)32-13-14-3-2-4-16(22)9-14/h2-12,24H,13H2,1H3. The van der Waals surface area contributed by atoms with E-state index < -0.39 is 9.85 Å². The van der Waals surface area contributed by atoms with Gasteiger partial charge in [0, 0.05) is 28.8 Å². The Morgan fingerprint density at radius 3 is 2.44 bits per heavy atom. The number of anilines is 1. The number of ether oxygens (including phenoxy) is 2. The van der Waals surface area contributed by atoms with Crippen molar-refractivity contribution in [3.63, 3.8) is 0 Å². The van der Waals surface area contributed by atoms with E-state index in [9.17, 15) is 20.2 Å². The molecule has 164 valence electrons. The number of benzene rings is 3. The van der Waals surface area contributed by atoms with Crippen LogP contribution in [0.15, 0.2) is 65.8 Å². The van der Waals surface area contributed by atoms with Crippen LogP contribution in [0.3, 0.4) is 0 Å². The van der Waals surface area contributed by atoms with Crippen molar-refractivity contribution in [2.24, 2.45) is 5.10 Å². The van der Waals surface area contributed by atoms with E-state index in [1.807, 2.05) is 0 Å². The number of nitro groups is 2. The van der Waals surface area contributed by atoms with Gasteiger partial charge in [-0.25, -0.2) is 0 Å². The maximum Gasteiger partial charge on any atom is 0.315 e. The average molecular weight is 457 g/mol. The molecule has 0 unspecified atom stereocenters. The minimum Gasteiger partial charge on any atom is -0.493 e. The normalized spacial score (nSPS) is 10.7. The molecule has 0 saturated carbocycles. The van der Waals surface area contributed by atoms with E-state index in [-0.39, 0.29) is 29.5 Å². The topological polar surface area (TPSA) is 129 Å². The first-order valence-corrected chi connectivity index (χ1v) is 9.52. The maximum atomic E-state index is 11.6. The van der Waals surface area contributed by atoms with E-state index in [1.54, 1.807) is 30.3 Å². The summed E-state index contributed by atoms with van der Waals surface area (Å²) in [7, 11) is 1.38. The molecule has 11 heteroatoms. The third-order valence-electron chi connectivity index (χ3n) is 4.23. The highest BCUT2D eigenvalue weighted by Crippen LogP contribution is 2.38.